The van der Waals surface area contributed by atoms with Gasteiger partial charge in [-0.2, -0.15) is 5.26 Å². The highest BCUT2D eigenvalue weighted by Crippen LogP contribution is 2.24. The van der Waals surface area contributed by atoms with E-state index in [1.807, 2.05) is 6.07 Å². The number of nitrogens with zero attached hydrogens (tertiary/aromatic N) is 1. The predicted octanol–water partition coefficient (Wildman–Crippen LogP) is 1.49. The summed E-state index contributed by atoms with van der Waals surface area (Å²) in [7, 11) is -5.51. The molecule has 0 unspecified atom stereocenters. The molecule has 0 saturated heterocycles. The number of nitrogens with one attached hydrogen (secondary N) is 1. The Morgan fingerprint density at radius 3 is 2.48 bits per heavy atom. The van der Waals surface area contributed by atoms with Crippen LogP contribution in [0.3, 0.4) is 0 Å². The molecule has 0 saturated carbocycles. The molecule has 11 heteroatoms. The molecule has 0 aromatic heterocycles. The van der Waals surface area contributed by atoms with Crippen LogP contribution in [0.2, 0.25) is 0 Å². The molecule has 1 amide bonds. The van der Waals surface area contributed by atoms with Crippen LogP contribution in [-0.4, -0.2) is 44.2 Å². The quantitative estimate of drug-likeness (QED) is 0.547. The predicted molar refractivity (Wildman–Crippen MR) is 105 cm³/mol. The normalized spacial score (nSPS) is 10.7. The number of carbonyl (C=O) groups excluding carboxylic acids is 1. The SMILES string of the molecule is CCS(=O)(=O)c1ccc(C#N)cc1NC(=O)OCCc1ccc(OB(O)O)cc1. The molecular weight excluding hydrogens is 399 g/mol. The Morgan fingerprint density at radius 2 is 1.90 bits per heavy atom. The van der Waals surface area contributed by atoms with Gasteiger partial charge in [-0.15, -0.1) is 0 Å². The second kappa shape index (κ2) is 9.93. The lowest BCUT2D eigenvalue weighted by Gasteiger charge is -2.12. The summed E-state index contributed by atoms with van der Waals surface area (Å²) in [4.78, 5) is 12.0. The lowest BCUT2D eigenvalue weighted by atomic mass is 10.1. The summed E-state index contributed by atoms with van der Waals surface area (Å²) in [5.74, 6) is 0.111. The number of sulfone groups is 1. The van der Waals surface area contributed by atoms with Crippen molar-refractivity contribution in [2.24, 2.45) is 0 Å². The fourth-order valence-corrected chi connectivity index (χ4v) is 3.42. The Hall–Kier alpha value is -3.07. The minimum Gasteiger partial charge on any atom is -0.512 e. The number of anilines is 1. The standard InChI is InChI=1S/C18H19BN2O7S/c1-2-29(25,26)17-8-5-14(12-20)11-16(17)21-18(22)27-10-9-13-3-6-15(7-4-13)28-19(23)24/h3-8,11,23-24H,2,9-10H2,1H3,(H,21,22). The number of carbonyl (C=O) groups is 1. The van der Waals surface area contributed by atoms with Crippen molar-refractivity contribution in [3.8, 4) is 11.8 Å². The zero-order chi connectivity index (χ0) is 21.4. The minimum absolute atomic E-state index is 0.0139. The van der Waals surface area contributed by atoms with Crippen LogP contribution in [0.15, 0.2) is 47.4 Å². The molecule has 0 fully saturated rings. The Bertz CT molecular complexity index is 1000. The average Bonchev–Trinajstić information content (AvgIpc) is 2.68. The summed E-state index contributed by atoms with van der Waals surface area (Å²) in [5.41, 5.74) is 0.990. The first-order valence-electron chi connectivity index (χ1n) is 8.57. The number of amides is 1. The van der Waals surface area contributed by atoms with E-state index in [-0.39, 0.29) is 34.3 Å². The Kier molecular flexibility index (Phi) is 7.61. The molecule has 0 aliphatic carbocycles. The van der Waals surface area contributed by atoms with Gasteiger partial charge in [0, 0.05) is 6.42 Å². The van der Waals surface area contributed by atoms with Gasteiger partial charge in [-0.05, 0) is 35.9 Å². The number of nitriles is 1. The third-order valence-corrected chi connectivity index (χ3v) is 5.64. The molecule has 0 atom stereocenters. The van der Waals surface area contributed by atoms with Gasteiger partial charge in [0.2, 0.25) is 0 Å². The molecule has 2 rings (SSSR count). The van der Waals surface area contributed by atoms with Gasteiger partial charge in [0.05, 0.1) is 34.6 Å². The van der Waals surface area contributed by atoms with E-state index < -0.39 is 23.3 Å². The second-order valence-corrected chi connectivity index (χ2v) is 8.07. The molecule has 2 aromatic rings. The summed E-state index contributed by atoms with van der Waals surface area (Å²) in [6.07, 6.45) is -0.482. The highest BCUT2D eigenvalue weighted by molar-refractivity contribution is 7.91. The van der Waals surface area contributed by atoms with Crippen molar-refractivity contribution in [3.05, 3.63) is 53.6 Å². The van der Waals surface area contributed by atoms with Crippen LogP contribution in [0.1, 0.15) is 18.1 Å². The smallest absolute Gasteiger partial charge is 0.512 e. The summed E-state index contributed by atoms with van der Waals surface area (Å²) in [6, 6.07) is 12.2. The summed E-state index contributed by atoms with van der Waals surface area (Å²) in [5, 5.41) is 28.8. The molecule has 9 nitrogen and oxygen atoms in total. The van der Waals surface area contributed by atoms with E-state index in [4.69, 9.17) is 20.0 Å². The number of hydrogen-bond acceptors (Lipinski definition) is 8. The van der Waals surface area contributed by atoms with Crippen LogP contribution >= 0.6 is 0 Å². The first-order chi connectivity index (χ1) is 13.7. The Morgan fingerprint density at radius 1 is 1.21 bits per heavy atom. The Labute approximate surface area is 168 Å². The highest BCUT2D eigenvalue weighted by atomic mass is 32.2. The zero-order valence-corrected chi connectivity index (χ0v) is 16.3. The number of benzene rings is 2. The lowest BCUT2D eigenvalue weighted by molar-refractivity contribution is 0.163. The third kappa shape index (κ3) is 6.50. The van der Waals surface area contributed by atoms with Crippen molar-refractivity contribution >= 4 is 28.9 Å². The molecule has 0 heterocycles. The van der Waals surface area contributed by atoms with Gasteiger partial charge >= 0.3 is 13.4 Å². The maximum Gasteiger partial charge on any atom is 0.707 e. The molecule has 0 radical (unpaired) electrons. The van der Waals surface area contributed by atoms with Crippen molar-refractivity contribution in [1.82, 2.24) is 0 Å². The lowest BCUT2D eigenvalue weighted by Crippen LogP contribution is -2.20. The van der Waals surface area contributed by atoms with Gasteiger partial charge in [-0.3, -0.25) is 5.32 Å². The van der Waals surface area contributed by atoms with Crippen molar-refractivity contribution in [1.29, 1.82) is 5.26 Å². The summed E-state index contributed by atoms with van der Waals surface area (Å²) in [6.45, 7) is 1.50. The largest absolute Gasteiger partial charge is 0.707 e. The minimum atomic E-state index is -3.60. The molecule has 3 N–H and O–H groups in total. The van der Waals surface area contributed by atoms with E-state index in [2.05, 4.69) is 9.97 Å². The van der Waals surface area contributed by atoms with Crippen molar-refractivity contribution < 1.29 is 32.7 Å². The monoisotopic (exact) mass is 418 g/mol. The van der Waals surface area contributed by atoms with E-state index in [0.29, 0.717) is 6.42 Å². The molecule has 2 aromatic carbocycles. The van der Waals surface area contributed by atoms with Crippen LogP contribution in [0.25, 0.3) is 0 Å². The maximum absolute atomic E-state index is 12.2. The molecule has 0 bridgehead atoms. The van der Waals surface area contributed by atoms with E-state index in [9.17, 15) is 13.2 Å². The van der Waals surface area contributed by atoms with Gasteiger partial charge < -0.3 is 19.4 Å². The van der Waals surface area contributed by atoms with Gasteiger partial charge in [0.25, 0.3) is 0 Å². The van der Waals surface area contributed by atoms with Gasteiger partial charge in [-0.25, -0.2) is 13.2 Å². The first kappa shape index (κ1) is 22.2. The second-order valence-electron chi connectivity index (χ2n) is 5.83. The van der Waals surface area contributed by atoms with E-state index in [1.165, 1.54) is 37.3 Å². The fraction of sp³-hybridized carbons (Fsp3) is 0.222. The van der Waals surface area contributed by atoms with Crippen molar-refractivity contribution in [2.75, 3.05) is 17.7 Å². The van der Waals surface area contributed by atoms with Gasteiger partial charge in [0.1, 0.15) is 5.75 Å². The van der Waals surface area contributed by atoms with E-state index in [0.717, 1.165) is 5.56 Å². The molecule has 152 valence electrons. The van der Waals surface area contributed by atoms with E-state index >= 15 is 0 Å². The Balaban J connectivity index is 1.98. The van der Waals surface area contributed by atoms with Gasteiger partial charge in [0.15, 0.2) is 9.84 Å². The zero-order valence-electron chi connectivity index (χ0n) is 15.5. The van der Waals surface area contributed by atoms with Crippen molar-refractivity contribution in [3.63, 3.8) is 0 Å². The van der Waals surface area contributed by atoms with Crippen LogP contribution < -0.4 is 9.97 Å². The maximum atomic E-state index is 12.2. The van der Waals surface area contributed by atoms with Gasteiger partial charge in [-0.1, -0.05) is 19.1 Å². The topological polar surface area (TPSA) is 146 Å². The number of ether oxygens (including phenoxy) is 1. The van der Waals surface area contributed by atoms with Crippen LogP contribution in [-0.2, 0) is 21.0 Å². The molecule has 0 aliphatic rings. The number of hydrogen-bond donors (Lipinski definition) is 3. The van der Waals surface area contributed by atoms with E-state index in [1.54, 1.807) is 12.1 Å². The molecule has 29 heavy (non-hydrogen) atoms. The van der Waals surface area contributed by atoms with Crippen molar-refractivity contribution in [2.45, 2.75) is 18.2 Å². The average molecular weight is 418 g/mol. The summed E-state index contributed by atoms with van der Waals surface area (Å²) < 4.78 is 34.1. The first-order valence-corrected chi connectivity index (χ1v) is 10.2. The molecule has 0 spiro atoms. The number of rotatable bonds is 8. The van der Waals surface area contributed by atoms with Crippen LogP contribution in [0.4, 0.5) is 10.5 Å². The van der Waals surface area contributed by atoms with Crippen LogP contribution in [0.5, 0.6) is 5.75 Å². The summed E-state index contributed by atoms with van der Waals surface area (Å²) >= 11 is 0. The fourth-order valence-electron chi connectivity index (χ4n) is 2.39. The van der Waals surface area contributed by atoms with Crippen LogP contribution in [0, 0.1) is 11.3 Å². The molecule has 0 aliphatic heterocycles. The third-order valence-electron chi connectivity index (χ3n) is 3.85. The highest BCUT2D eigenvalue weighted by Gasteiger charge is 2.19. The molecular formula is C18H19BN2O7S.